The molecule has 0 unspecified atom stereocenters. The first-order chi connectivity index (χ1) is 12.8. The number of hydrogen-bond acceptors (Lipinski definition) is 5. The van der Waals surface area contributed by atoms with Gasteiger partial charge in [-0.05, 0) is 36.8 Å². The maximum Gasteiger partial charge on any atom is 0.335 e. The number of thioether (sulfide) groups is 1. The number of aryl methyl sites for hydroxylation is 1. The lowest BCUT2D eigenvalue weighted by Crippen LogP contribution is -2.28. The van der Waals surface area contributed by atoms with Crippen molar-refractivity contribution in [1.29, 1.82) is 0 Å². The number of carbonyl (C=O) groups is 3. The Hall–Kier alpha value is -2.97. The minimum absolute atomic E-state index is 0.113. The van der Waals surface area contributed by atoms with Gasteiger partial charge < -0.3 is 10.2 Å². The SMILES string of the molecule is Cc1cccc(/C=C2\SC(=S)N(c3cc(C(=O)O)cc(C(=O)O)c3)C2=O)c1. The second-order valence-electron chi connectivity index (χ2n) is 5.81. The first kappa shape index (κ1) is 18.8. The summed E-state index contributed by atoms with van der Waals surface area (Å²) in [5.74, 6) is -3.01. The highest BCUT2D eigenvalue weighted by atomic mass is 32.2. The molecule has 1 heterocycles. The van der Waals surface area contributed by atoms with Gasteiger partial charge in [-0.1, -0.05) is 53.8 Å². The quantitative estimate of drug-likeness (QED) is 0.596. The van der Waals surface area contributed by atoms with Gasteiger partial charge in [-0.3, -0.25) is 9.69 Å². The van der Waals surface area contributed by atoms with Gasteiger partial charge in [0.1, 0.15) is 0 Å². The topological polar surface area (TPSA) is 94.9 Å². The first-order valence-corrected chi connectivity index (χ1v) is 8.95. The molecule has 0 aliphatic carbocycles. The maximum absolute atomic E-state index is 12.8. The molecule has 1 aliphatic heterocycles. The van der Waals surface area contributed by atoms with E-state index >= 15 is 0 Å². The number of anilines is 1. The van der Waals surface area contributed by atoms with Gasteiger partial charge in [0.2, 0.25) is 0 Å². The molecule has 0 saturated carbocycles. The van der Waals surface area contributed by atoms with E-state index in [9.17, 15) is 24.6 Å². The van der Waals surface area contributed by atoms with Crippen LogP contribution in [0.1, 0.15) is 31.8 Å². The highest BCUT2D eigenvalue weighted by Crippen LogP contribution is 2.36. The predicted octanol–water partition coefficient (Wildman–Crippen LogP) is 3.80. The Morgan fingerprint density at radius 1 is 1.07 bits per heavy atom. The summed E-state index contributed by atoms with van der Waals surface area (Å²) in [7, 11) is 0. The molecule has 0 aromatic heterocycles. The van der Waals surface area contributed by atoms with E-state index in [0.29, 0.717) is 4.91 Å². The molecule has 136 valence electrons. The van der Waals surface area contributed by atoms with Crippen LogP contribution in [0.2, 0.25) is 0 Å². The second kappa shape index (κ2) is 7.34. The van der Waals surface area contributed by atoms with E-state index in [0.717, 1.165) is 33.9 Å². The van der Waals surface area contributed by atoms with E-state index in [2.05, 4.69) is 0 Å². The Bertz CT molecular complexity index is 996. The fraction of sp³-hybridized carbons (Fsp3) is 0.0526. The average molecular weight is 399 g/mol. The molecule has 3 rings (SSSR count). The summed E-state index contributed by atoms with van der Waals surface area (Å²) < 4.78 is 0.206. The third-order valence-corrected chi connectivity index (χ3v) is 5.11. The Labute approximate surface area is 164 Å². The number of thiocarbonyl (C=S) groups is 1. The van der Waals surface area contributed by atoms with E-state index in [1.165, 1.54) is 12.1 Å². The zero-order valence-electron chi connectivity index (χ0n) is 14.0. The van der Waals surface area contributed by atoms with Crippen molar-refractivity contribution in [3.63, 3.8) is 0 Å². The first-order valence-electron chi connectivity index (χ1n) is 7.72. The standard InChI is InChI=1S/C19H13NO5S2/c1-10-3-2-4-11(5-10)6-15-16(21)20(19(26)27-15)14-8-12(17(22)23)7-13(9-14)18(24)25/h2-9H,1H3,(H,22,23)(H,24,25)/b15-6-. The van der Waals surface area contributed by atoms with Crippen LogP contribution in [0, 0.1) is 6.92 Å². The predicted molar refractivity (Wildman–Crippen MR) is 107 cm³/mol. The molecular weight excluding hydrogens is 386 g/mol. The molecule has 1 amide bonds. The number of hydrogen-bond donors (Lipinski definition) is 2. The van der Waals surface area contributed by atoms with Crippen LogP contribution in [0.4, 0.5) is 5.69 Å². The van der Waals surface area contributed by atoms with Gasteiger partial charge in [0.25, 0.3) is 5.91 Å². The number of nitrogens with zero attached hydrogens (tertiary/aromatic N) is 1. The lowest BCUT2D eigenvalue weighted by atomic mass is 10.1. The summed E-state index contributed by atoms with van der Waals surface area (Å²) in [6.45, 7) is 1.94. The highest BCUT2D eigenvalue weighted by molar-refractivity contribution is 8.27. The van der Waals surface area contributed by atoms with E-state index in [1.54, 1.807) is 6.08 Å². The van der Waals surface area contributed by atoms with E-state index in [1.807, 2.05) is 31.2 Å². The number of carboxylic acid groups (broad SMARTS) is 2. The second-order valence-corrected chi connectivity index (χ2v) is 7.49. The van der Waals surface area contributed by atoms with Crippen LogP contribution in [0.25, 0.3) is 6.08 Å². The highest BCUT2D eigenvalue weighted by Gasteiger charge is 2.34. The zero-order valence-corrected chi connectivity index (χ0v) is 15.6. The van der Waals surface area contributed by atoms with Crippen molar-refractivity contribution in [3.8, 4) is 0 Å². The van der Waals surface area contributed by atoms with E-state index in [-0.39, 0.29) is 21.1 Å². The Kier molecular flexibility index (Phi) is 5.11. The summed E-state index contributed by atoms with van der Waals surface area (Å²) in [6.07, 6.45) is 1.70. The van der Waals surface area contributed by atoms with Crippen LogP contribution in [-0.4, -0.2) is 32.4 Å². The Balaban J connectivity index is 2.03. The van der Waals surface area contributed by atoms with Gasteiger partial charge in [-0.25, -0.2) is 9.59 Å². The molecule has 6 nitrogen and oxygen atoms in total. The minimum Gasteiger partial charge on any atom is -0.478 e. The molecule has 0 bridgehead atoms. The summed E-state index contributed by atoms with van der Waals surface area (Å²) in [6, 6.07) is 11.1. The van der Waals surface area contributed by atoms with Crippen molar-refractivity contribution in [2.24, 2.45) is 0 Å². The molecule has 1 fully saturated rings. The molecular formula is C19H13NO5S2. The van der Waals surface area contributed by atoms with Crippen LogP contribution in [-0.2, 0) is 4.79 Å². The van der Waals surface area contributed by atoms with Gasteiger partial charge in [-0.2, -0.15) is 0 Å². The van der Waals surface area contributed by atoms with Crippen molar-refractivity contribution in [2.45, 2.75) is 6.92 Å². The van der Waals surface area contributed by atoms with Crippen LogP contribution in [0.5, 0.6) is 0 Å². The molecule has 0 radical (unpaired) electrons. The zero-order chi connectivity index (χ0) is 19.7. The van der Waals surface area contributed by atoms with Crippen LogP contribution in [0.15, 0.2) is 47.4 Å². The minimum atomic E-state index is -1.29. The maximum atomic E-state index is 12.8. The van der Waals surface area contributed by atoms with Crippen molar-refractivity contribution in [3.05, 3.63) is 69.6 Å². The molecule has 2 aromatic rings. The van der Waals surface area contributed by atoms with Gasteiger partial charge in [0.15, 0.2) is 4.32 Å². The van der Waals surface area contributed by atoms with Crippen molar-refractivity contribution < 1.29 is 24.6 Å². The molecule has 0 atom stereocenters. The number of rotatable bonds is 4. The Morgan fingerprint density at radius 3 is 2.26 bits per heavy atom. The monoisotopic (exact) mass is 399 g/mol. The Morgan fingerprint density at radius 2 is 1.70 bits per heavy atom. The third kappa shape index (κ3) is 3.91. The van der Waals surface area contributed by atoms with Gasteiger partial charge >= 0.3 is 11.9 Å². The van der Waals surface area contributed by atoms with Crippen LogP contribution < -0.4 is 4.90 Å². The number of benzene rings is 2. The molecule has 1 aliphatic rings. The van der Waals surface area contributed by atoms with Crippen LogP contribution >= 0.6 is 24.0 Å². The number of carboxylic acids is 2. The lowest BCUT2D eigenvalue weighted by Gasteiger charge is -2.16. The summed E-state index contributed by atoms with van der Waals surface area (Å²) in [4.78, 5) is 36.9. The van der Waals surface area contributed by atoms with Gasteiger partial charge in [0, 0.05) is 0 Å². The van der Waals surface area contributed by atoms with E-state index < -0.39 is 17.8 Å². The lowest BCUT2D eigenvalue weighted by molar-refractivity contribution is -0.113. The molecule has 2 aromatic carbocycles. The molecule has 2 N–H and O–H groups in total. The smallest absolute Gasteiger partial charge is 0.335 e. The van der Waals surface area contributed by atoms with Crippen molar-refractivity contribution in [2.75, 3.05) is 4.90 Å². The van der Waals surface area contributed by atoms with Crippen molar-refractivity contribution >= 4 is 57.9 Å². The number of amides is 1. The normalized spacial score (nSPS) is 15.4. The fourth-order valence-corrected chi connectivity index (χ4v) is 3.89. The van der Waals surface area contributed by atoms with Gasteiger partial charge in [-0.15, -0.1) is 0 Å². The van der Waals surface area contributed by atoms with E-state index in [4.69, 9.17) is 12.2 Å². The summed E-state index contributed by atoms with van der Waals surface area (Å²) >= 11 is 6.35. The molecule has 8 heteroatoms. The summed E-state index contributed by atoms with van der Waals surface area (Å²) in [5.41, 5.74) is 1.52. The van der Waals surface area contributed by atoms with Gasteiger partial charge in [0.05, 0.1) is 21.7 Å². The molecule has 1 saturated heterocycles. The number of carbonyl (C=O) groups excluding carboxylic acids is 1. The van der Waals surface area contributed by atoms with Crippen LogP contribution in [0.3, 0.4) is 0 Å². The average Bonchev–Trinajstić information content (AvgIpc) is 2.88. The summed E-state index contributed by atoms with van der Waals surface area (Å²) in [5, 5.41) is 18.4. The molecule has 0 spiro atoms. The third-order valence-electron chi connectivity index (χ3n) is 3.80. The number of aromatic carboxylic acids is 2. The molecule has 27 heavy (non-hydrogen) atoms. The fourth-order valence-electron chi connectivity index (χ4n) is 2.59. The van der Waals surface area contributed by atoms with Crippen molar-refractivity contribution in [1.82, 2.24) is 0 Å². The largest absolute Gasteiger partial charge is 0.478 e.